The fourth-order valence-electron chi connectivity index (χ4n) is 4.86. The van der Waals surface area contributed by atoms with Crippen LogP contribution in [0.25, 0.3) is 0 Å². The molecule has 0 radical (unpaired) electrons. The fourth-order valence-corrected chi connectivity index (χ4v) is 4.86. The first kappa shape index (κ1) is 25.5. The number of aryl methyl sites for hydroxylation is 2. The second kappa shape index (κ2) is 10.8. The van der Waals surface area contributed by atoms with Crippen molar-refractivity contribution in [1.82, 2.24) is 15.3 Å². The van der Waals surface area contributed by atoms with Crippen LogP contribution in [-0.4, -0.2) is 34.1 Å². The summed E-state index contributed by atoms with van der Waals surface area (Å²) in [6, 6.07) is 7.33. The van der Waals surface area contributed by atoms with Crippen LogP contribution in [0.3, 0.4) is 0 Å². The van der Waals surface area contributed by atoms with E-state index in [1.165, 1.54) is 0 Å². The van der Waals surface area contributed by atoms with Gasteiger partial charge in [0.25, 0.3) is 11.5 Å². The SMILES string of the molecule is Cc1cc(C)c(CNC(=O)c2cccc(C(C)N(N)C3CCCC(OC(N)=O)C3)c2C)c(=O)[nH]1. The van der Waals surface area contributed by atoms with Gasteiger partial charge in [0.1, 0.15) is 6.10 Å². The molecule has 9 nitrogen and oxygen atoms in total. The molecule has 1 aliphatic carbocycles. The van der Waals surface area contributed by atoms with E-state index in [0.717, 1.165) is 41.6 Å². The number of hydrazine groups is 1. The van der Waals surface area contributed by atoms with Crippen LogP contribution >= 0.6 is 0 Å². The zero-order valence-electron chi connectivity index (χ0n) is 20.3. The molecule has 3 atom stereocenters. The van der Waals surface area contributed by atoms with Gasteiger partial charge in [-0.3, -0.25) is 15.4 Å². The molecule has 184 valence electrons. The van der Waals surface area contributed by atoms with Gasteiger partial charge in [-0.25, -0.2) is 9.80 Å². The van der Waals surface area contributed by atoms with Crippen molar-refractivity contribution in [3.63, 3.8) is 0 Å². The topological polar surface area (TPSA) is 144 Å². The van der Waals surface area contributed by atoms with Crippen LogP contribution in [0, 0.1) is 20.8 Å². The highest BCUT2D eigenvalue weighted by molar-refractivity contribution is 5.95. The van der Waals surface area contributed by atoms with Crippen molar-refractivity contribution in [2.45, 2.75) is 78.1 Å². The van der Waals surface area contributed by atoms with Crippen LogP contribution in [0.15, 0.2) is 29.1 Å². The molecule has 3 rings (SSSR count). The number of carbonyl (C=O) groups excluding carboxylic acids is 2. The smallest absolute Gasteiger partial charge is 0.404 e. The van der Waals surface area contributed by atoms with E-state index in [4.69, 9.17) is 16.3 Å². The number of aromatic amines is 1. The molecular weight excluding hydrogens is 434 g/mol. The van der Waals surface area contributed by atoms with E-state index in [1.807, 2.05) is 45.9 Å². The van der Waals surface area contributed by atoms with Gasteiger partial charge in [0.15, 0.2) is 0 Å². The van der Waals surface area contributed by atoms with Crippen molar-refractivity contribution in [1.29, 1.82) is 0 Å². The van der Waals surface area contributed by atoms with Crippen molar-refractivity contribution in [2.24, 2.45) is 11.6 Å². The van der Waals surface area contributed by atoms with Crippen LogP contribution in [0.1, 0.15) is 77.0 Å². The van der Waals surface area contributed by atoms with Crippen LogP contribution in [0.2, 0.25) is 0 Å². The lowest BCUT2D eigenvalue weighted by Crippen LogP contribution is -2.47. The van der Waals surface area contributed by atoms with Crippen molar-refractivity contribution in [3.05, 3.63) is 68.1 Å². The third-order valence-electron chi connectivity index (χ3n) is 6.74. The Hall–Kier alpha value is -3.17. The molecule has 1 aromatic carbocycles. The Morgan fingerprint density at radius 3 is 2.68 bits per heavy atom. The highest BCUT2D eigenvalue weighted by Crippen LogP contribution is 2.31. The number of hydrogen-bond donors (Lipinski definition) is 4. The lowest BCUT2D eigenvalue weighted by Gasteiger charge is -2.38. The lowest BCUT2D eigenvalue weighted by atomic mass is 9.90. The predicted octanol–water partition coefficient (Wildman–Crippen LogP) is 2.87. The first-order valence-electron chi connectivity index (χ1n) is 11.6. The van der Waals surface area contributed by atoms with Gasteiger partial charge in [-0.1, -0.05) is 12.1 Å². The van der Waals surface area contributed by atoms with Crippen molar-refractivity contribution in [3.8, 4) is 0 Å². The molecule has 34 heavy (non-hydrogen) atoms. The van der Waals surface area contributed by atoms with Crippen LogP contribution in [0.5, 0.6) is 0 Å². The predicted molar refractivity (Wildman–Crippen MR) is 130 cm³/mol. The number of amides is 2. The normalized spacial score (nSPS) is 19.0. The highest BCUT2D eigenvalue weighted by atomic mass is 16.6. The average Bonchev–Trinajstić information content (AvgIpc) is 2.77. The Labute approximate surface area is 199 Å². The second-order valence-electron chi connectivity index (χ2n) is 9.15. The summed E-state index contributed by atoms with van der Waals surface area (Å²) in [5.41, 5.74) is 9.47. The second-order valence-corrected chi connectivity index (χ2v) is 9.15. The number of nitrogens with zero attached hydrogens (tertiary/aromatic N) is 1. The van der Waals surface area contributed by atoms with Gasteiger partial charge in [0, 0.05) is 41.9 Å². The molecule has 1 saturated carbocycles. The van der Waals surface area contributed by atoms with Gasteiger partial charge < -0.3 is 20.8 Å². The molecule has 1 aliphatic rings. The average molecular weight is 470 g/mol. The van der Waals surface area contributed by atoms with E-state index in [-0.39, 0.29) is 36.2 Å². The maximum Gasteiger partial charge on any atom is 0.404 e. The molecule has 9 heteroatoms. The molecule has 2 aromatic rings. The Kier molecular flexibility index (Phi) is 8.11. The number of pyridine rings is 1. The minimum atomic E-state index is -0.764. The number of nitrogens with one attached hydrogen (secondary N) is 2. The van der Waals surface area contributed by atoms with Crippen molar-refractivity contribution >= 4 is 12.0 Å². The molecular formula is C25H35N5O4. The third kappa shape index (κ3) is 5.84. The Morgan fingerprint density at radius 2 is 2.00 bits per heavy atom. The van der Waals surface area contributed by atoms with Crippen molar-refractivity contribution in [2.75, 3.05) is 0 Å². The zero-order chi connectivity index (χ0) is 25.0. The Balaban J connectivity index is 1.73. The number of primary amides is 1. The summed E-state index contributed by atoms with van der Waals surface area (Å²) < 4.78 is 5.20. The lowest BCUT2D eigenvalue weighted by molar-refractivity contribution is 0.0295. The van der Waals surface area contributed by atoms with Gasteiger partial charge in [-0.2, -0.15) is 0 Å². The number of aromatic nitrogens is 1. The summed E-state index contributed by atoms with van der Waals surface area (Å²) in [6.07, 6.45) is 2.18. The minimum absolute atomic E-state index is 0.0289. The Morgan fingerprint density at radius 1 is 1.26 bits per heavy atom. The summed E-state index contributed by atoms with van der Waals surface area (Å²) in [5.74, 6) is 6.27. The van der Waals surface area contributed by atoms with E-state index in [0.29, 0.717) is 17.5 Å². The monoisotopic (exact) mass is 469 g/mol. The summed E-state index contributed by atoms with van der Waals surface area (Å²) in [4.78, 5) is 39.2. The summed E-state index contributed by atoms with van der Waals surface area (Å²) >= 11 is 0. The van der Waals surface area contributed by atoms with Gasteiger partial charge >= 0.3 is 6.09 Å². The molecule has 3 unspecified atom stereocenters. The van der Waals surface area contributed by atoms with Gasteiger partial charge in [-0.15, -0.1) is 0 Å². The minimum Gasteiger partial charge on any atom is -0.446 e. The largest absolute Gasteiger partial charge is 0.446 e. The molecule has 1 fully saturated rings. The molecule has 0 aliphatic heterocycles. The summed E-state index contributed by atoms with van der Waals surface area (Å²) in [6.45, 7) is 7.73. The molecule has 2 amide bonds. The molecule has 0 saturated heterocycles. The molecule has 6 N–H and O–H groups in total. The quantitative estimate of drug-likeness (QED) is 0.363. The number of nitrogens with two attached hydrogens (primary N) is 2. The molecule has 0 spiro atoms. The van der Waals surface area contributed by atoms with E-state index in [2.05, 4.69) is 10.3 Å². The van der Waals surface area contributed by atoms with Crippen LogP contribution < -0.4 is 22.5 Å². The number of H-pyrrole nitrogens is 1. The number of benzene rings is 1. The number of ether oxygens (including phenoxy) is 1. The van der Waals surface area contributed by atoms with Gasteiger partial charge in [0.2, 0.25) is 0 Å². The van der Waals surface area contributed by atoms with Crippen LogP contribution in [-0.2, 0) is 11.3 Å². The first-order valence-corrected chi connectivity index (χ1v) is 11.6. The number of carbonyl (C=O) groups is 2. The fraction of sp³-hybridized carbons (Fsp3) is 0.480. The van der Waals surface area contributed by atoms with E-state index in [9.17, 15) is 14.4 Å². The highest BCUT2D eigenvalue weighted by Gasteiger charge is 2.30. The first-order chi connectivity index (χ1) is 16.1. The summed E-state index contributed by atoms with van der Waals surface area (Å²) in [7, 11) is 0. The zero-order valence-corrected chi connectivity index (χ0v) is 20.3. The molecule has 1 aromatic heterocycles. The standard InChI is InChI=1S/C25H35N5O4/c1-14-11-15(2)29-24(32)22(14)13-28-23(31)21-10-6-9-20(16(21)3)17(4)30(27)18-7-5-8-19(12-18)34-25(26)33/h6,9-11,17-19H,5,7-8,12-13,27H2,1-4H3,(H2,26,33)(H,28,31)(H,29,32). The third-order valence-corrected chi connectivity index (χ3v) is 6.74. The maximum absolute atomic E-state index is 13.0. The van der Waals surface area contributed by atoms with Crippen LogP contribution in [0.4, 0.5) is 4.79 Å². The van der Waals surface area contributed by atoms with Crippen molar-refractivity contribution < 1.29 is 14.3 Å². The number of rotatable bonds is 7. The van der Waals surface area contributed by atoms with E-state index >= 15 is 0 Å². The van der Waals surface area contributed by atoms with E-state index < -0.39 is 6.09 Å². The maximum atomic E-state index is 13.0. The Bertz CT molecular complexity index is 1110. The molecule has 1 heterocycles. The number of hydrogen-bond acceptors (Lipinski definition) is 6. The molecule has 0 bridgehead atoms. The van der Waals surface area contributed by atoms with Gasteiger partial charge in [0.05, 0.1) is 0 Å². The van der Waals surface area contributed by atoms with Gasteiger partial charge in [-0.05, 0) is 75.8 Å². The van der Waals surface area contributed by atoms with E-state index in [1.54, 1.807) is 11.1 Å². The summed E-state index contributed by atoms with van der Waals surface area (Å²) in [5, 5.41) is 4.66.